The van der Waals surface area contributed by atoms with Crippen LogP contribution in [-0.2, 0) is 4.74 Å². The molecule has 1 aromatic rings. The van der Waals surface area contributed by atoms with E-state index in [-0.39, 0.29) is 11.6 Å². The molecule has 2 nitrogen and oxygen atoms in total. The second-order valence-electron chi connectivity index (χ2n) is 7.71. The molecule has 0 aliphatic heterocycles. The number of benzene rings is 1. The van der Waals surface area contributed by atoms with Crippen molar-refractivity contribution in [2.45, 2.75) is 59.6 Å². The Morgan fingerprint density at radius 2 is 1.60 bits per heavy atom. The van der Waals surface area contributed by atoms with Crippen LogP contribution in [0.1, 0.15) is 59.6 Å². The van der Waals surface area contributed by atoms with Gasteiger partial charge in [-0.1, -0.05) is 51.1 Å². The SMILES string of the molecule is CC(C)(C)CCOC(CNC(C)(C)C)c1ccccc1. The van der Waals surface area contributed by atoms with Gasteiger partial charge in [-0.2, -0.15) is 0 Å². The van der Waals surface area contributed by atoms with Crippen molar-refractivity contribution in [1.82, 2.24) is 5.32 Å². The van der Waals surface area contributed by atoms with Gasteiger partial charge in [0.15, 0.2) is 0 Å². The first-order valence-corrected chi connectivity index (χ1v) is 7.59. The summed E-state index contributed by atoms with van der Waals surface area (Å²) in [5, 5.41) is 3.54. The fraction of sp³-hybridized carbons (Fsp3) is 0.667. The average molecular weight is 277 g/mol. The maximum Gasteiger partial charge on any atom is 0.0949 e. The number of rotatable bonds is 6. The molecule has 0 saturated heterocycles. The molecular weight excluding hydrogens is 246 g/mol. The van der Waals surface area contributed by atoms with Crippen molar-refractivity contribution in [2.75, 3.05) is 13.2 Å². The molecule has 0 radical (unpaired) electrons. The van der Waals surface area contributed by atoms with E-state index in [0.29, 0.717) is 5.41 Å². The molecule has 1 aromatic carbocycles. The Morgan fingerprint density at radius 3 is 2.10 bits per heavy atom. The maximum atomic E-state index is 6.14. The Hall–Kier alpha value is -0.860. The van der Waals surface area contributed by atoms with Gasteiger partial charge in [-0.05, 0) is 38.2 Å². The average Bonchev–Trinajstić information content (AvgIpc) is 2.32. The maximum absolute atomic E-state index is 6.14. The highest BCUT2D eigenvalue weighted by Crippen LogP contribution is 2.22. The van der Waals surface area contributed by atoms with Crippen LogP contribution in [0.25, 0.3) is 0 Å². The van der Waals surface area contributed by atoms with Gasteiger partial charge in [0.2, 0.25) is 0 Å². The normalized spacial score (nSPS) is 14.3. The van der Waals surface area contributed by atoms with Crippen molar-refractivity contribution in [1.29, 1.82) is 0 Å². The number of hydrogen-bond donors (Lipinski definition) is 1. The molecule has 2 heteroatoms. The Morgan fingerprint density at radius 1 is 1.00 bits per heavy atom. The molecule has 1 rings (SSSR count). The monoisotopic (exact) mass is 277 g/mol. The zero-order valence-electron chi connectivity index (χ0n) is 14.0. The fourth-order valence-electron chi connectivity index (χ4n) is 1.85. The molecule has 1 atom stereocenters. The zero-order valence-corrected chi connectivity index (χ0v) is 14.0. The van der Waals surface area contributed by atoms with E-state index in [1.54, 1.807) is 0 Å². The quantitative estimate of drug-likeness (QED) is 0.822. The van der Waals surface area contributed by atoms with Gasteiger partial charge in [0.1, 0.15) is 0 Å². The van der Waals surface area contributed by atoms with Crippen LogP contribution in [0.15, 0.2) is 30.3 Å². The summed E-state index contributed by atoms with van der Waals surface area (Å²) in [6, 6.07) is 10.5. The van der Waals surface area contributed by atoms with Crippen molar-refractivity contribution in [2.24, 2.45) is 5.41 Å². The van der Waals surface area contributed by atoms with Gasteiger partial charge in [-0.25, -0.2) is 0 Å². The van der Waals surface area contributed by atoms with Gasteiger partial charge in [0.25, 0.3) is 0 Å². The minimum atomic E-state index is 0.112. The van der Waals surface area contributed by atoms with Crippen LogP contribution < -0.4 is 5.32 Å². The van der Waals surface area contributed by atoms with Crippen molar-refractivity contribution in [3.05, 3.63) is 35.9 Å². The van der Waals surface area contributed by atoms with Crippen molar-refractivity contribution in [3.63, 3.8) is 0 Å². The largest absolute Gasteiger partial charge is 0.372 e. The van der Waals surface area contributed by atoms with E-state index >= 15 is 0 Å². The lowest BCUT2D eigenvalue weighted by atomic mass is 9.93. The molecule has 0 heterocycles. The van der Waals surface area contributed by atoms with Crippen molar-refractivity contribution in [3.8, 4) is 0 Å². The lowest BCUT2D eigenvalue weighted by Gasteiger charge is -2.27. The molecule has 114 valence electrons. The third-order valence-electron chi connectivity index (χ3n) is 3.16. The molecule has 0 amide bonds. The van der Waals surface area contributed by atoms with E-state index in [2.05, 4.69) is 71.1 Å². The third kappa shape index (κ3) is 7.66. The molecule has 1 unspecified atom stereocenters. The number of hydrogen-bond acceptors (Lipinski definition) is 2. The molecular formula is C18H31NO. The van der Waals surface area contributed by atoms with Crippen LogP contribution in [0.2, 0.25) is 0 Å². The molecule has 0 spiro atoms. The van der Waals surface area contributed by atoms with E-state index in [1.807, 2.05) is 6.07 Å². The Kier molecular flexibility index (Phi) is 6.22. The third-order valence-corrected chi connectivity index (χ3v) is 3.16. The molecule has 0 aliphatic carbocycles. The molecule has 0 aliphatic rings. The van der Waals surface area contributed by atoms with Crippen LogP contribution in [0.3, 0.4) is 0 Å². The first-order valence-electron chi connectivity index (χ1n) is 7.59. The Labute approximate surface area is 124 Å². The highest BCUT2D eigenvalue weighted by molar-refractivity contribution is 5.18. The minimum Gasteiger partial charge on any atom is -0.372 e. The summed E-state index contributed by atoms with van der Waals surface area (Å²) < 4.78 is 6.14. The first kappa shape index (κ1) is 17.2. The Bertz CT molecular complexity index is 373. The van der Waals surface area contributed by atoms with Gasteiger partial charge < -0.3 is 10.1 Å². The summed E-state index contributed by atoms with van der Waals surface area (Å²) in [5.41, 5.74) is 1.68. The van der Waals surface area contributed by atoms with Gasteiger partial charge in [0, 0.05) is 18.7 Å². The minimum absolute atomic E-state index is 0.112. The van der Waals surface area contributed by atoms with Gasteiger partial charge >= 0.3 is 0 Å². The highest BCUT2D eigenvalue weighted by Gasteiger charge is 2.17. The summed E-state index contributed by atoms with van der Waals surface area (Å²) in [4.78, 5) is 0. The van der Waals surface area contributed by atoms with E-state index in [0.717, 1.165) is 19.6 Å². The van der Waals surface area contributed by atoms with Crippen LogP contribution >= 0.6 is 0 Å². The topological polar surface area (TPSA) is 21.3 Å². The highest BCUT2D eigenvalue weighted by atomic mass is 16.5. The van der Waals surface area contributed by atoms with E-state index in [4.69, 9.17) is 4.74 Å². The summed E-state index contributed by atoms with van der Waals surface area (Å²) in [6.07, 6.45) is 1.20. The van der Waals surface area contributed by atoms with Crippen LogP contribution in [0.4, 0.5) is 0 Å². The zero-order chi connectivity index (χ0) is 15.2. The summed E-state index contributed by atoms with van der Waals surface area (Å²) in [6.45, 7) is 15.0. The van der Waals surface area contributed by atoms with E-state index in [9.17, 15) is 0 Å². The van der Waals surface area contributed by atoms with Gasteiger partial charge in [0.05, 0.1) is 6.10 Å². The molecule has 1 N–H and O–H groups in total. The lowest BCUT2D eigenvalue weighted by molar-refractivity contribution is 0.0333. The summed E-state index contributed by atoms with van der Waals surface area (Å²) >= 11 is 0. The first-order chi connectivity index (χ1) is 9.17. The predicted molar refractivity (Wildman–Crippen MR) is 87.0 cm³/mol. The van der Waals surface area contributed by atoms with Crippen molar-refractivity contribution < 1.29 is 4.74 Å². The summed E-state index contributed by atoms with van der Waals surface area (Å²) in [5.74, 6) is 0. The smallest absolute Gasteiger partial charge is 0.0949 e. The van der Waals surface area contributed by atoms with E-state index < -0.39 is 0 Å². The van der Waals surface area contributed by atoms with Gasteiger partial charge in [-0.15, -0.1) is 0 Å². The van der Waals surface area contributed by atoms with Crippen LogP contribution in [0, 0.1) is 5.41 Å². The molecule has 20 heavy (non-hydrogen) atoms. The van der Waals surface area contributed by atoms with Crippen LogP contribution in [0.5, 0.6) is 0 Å². The number of nitrogens with one attached hydrogen (secondary N) is 1. The molecule has 0 bridgehead atoms. The Balaban J connectivity index is 2.60. The fourth-order valence-corrected chi connectivity index (χ4v) is 1.85. The lowest BCUT2D eigenvalue weighted by Crippen LogP contribution is -2.39. The number of ether oxygens (including phenoxy) is 1. The van der Waals surface area contributed by atoms with Crippen LogP contribution in [-0.4, -0.2) is 18.7 Å². The molecule has 0 aromatic heterocycles. The predicted octanol–water partition coefficient (Wildman–Crippen LogP) is 4.57. The molecule has 0 fully saturated rings. The van der Waals surface area contributed by atoms with Crippen molar-refractivity contribution >= 4 is 0 Å². The van der Waals surface area contributed by atoms with Gasteiger partial charge in [-0.3, -0.25) is 0 Å². The standard InChI is InChI=1S/C18H31NO/c1-17(2,3)12-13-20-16(14-19-18(4,5)6)15-10-8-7-9-11-15/h7-11,16,19H,12-14H2,1-6H3. The second kappa shape index (κ2) is 7.24. The summed E-state index contributed by atoms with van der Waals surface area (Å²) in [7, 11) is 0. The molecule has 0 saturated carbocycles. The van der Waals surface area contributed by atoms with E-state index in [1.165, 1.54) is 5.56 Å². The second-order valence-corrected chi connectivity index (χ2v) is 7.71.